The van der Waals surface area contributed by atoms with Gasteiger partial charge in [0, 0.05) is 10.9 Å². The van der Waals surface area contributed by atoms with Gasteiger partial charge in [0.1, 0.15) is 0 Å². The first-order chi connectivity index (χ1) is 9.57. The monoisotopic (exact) mass is 343 g/mol. The molecule has 112 valence electrons. The molecule has 4 nitrogen and oxygen atoms in total. The number of amides is 1. The number of benzene rings is 1. The van der Waals surface area contributed by atoms with E-state index in [1.807, 2.05) is 0 Å². The normalized spacial score (nSPS) is 11.1. The van der Waals surface area contributed by atoms with Crippen LogP contribution in [0.1, 0.15) is 37.0 Å². The molecule has 0 saturated carbocycles. The van der Waals surface area contributed by atoms with E-state index in [9.17, 15) is 4.79 Å². The van der Waals surface area contributed by atoms with Crippen LogP contribution in [0.3, 0.4) is 0 Å². The number of alkyl halides is 1. The molecular formula is C15H22BrNO3. The average molecular weight is 344 g/mol. The Morgan fingerprint density at radius 3 is 2.35 bits per heavy atom. The van der Waals surface area contributed by atoms with E-state index in [1.54, 1.807) is 25.3 Å². The summed E-state index contributed by atoms with van der Waals surface area (Å²) in [5.74, 6) is 0.865. The lowest BCUT2D eigenvalue weighted by atomic mass is 9.95. The SMILES string of the molecule is CCC(CC)(CBr)NC(=O)c1cccc(OC)c1OC. The van der Waals surface area contributed by atoms with Gasteiger partial charge in [-0.1, -0.05) is 35.8 Å². The molecular weight excluding hydrogens is 322 g/mol. The summed E-state index contributed by atoms with van der Waals surface area (Å²) in [7, 11) is 3.09. The van der Waals surface area contributed by atoms with E-state index in [0.717, 1.165) is 12.8 Å². The van der Waals surface area contributed by atoms with Crippen molar-refractivity contribution in [2.75, 3.05) is 19.5 Å². The average Bonchev–Trinajstić information content (AvgIpc) is 2.51. The molecule has 0 saturated heterocycles. The Kier molecular flexibility index (Phi) is 6.33. The molecule has 0 atom stereocenters. The van der Waals surface area contributed by atoms with Gasteiger partial charge < -0.3 is 14.8 Å². The van der Waals surface area contributed by atoms with Gasteiger partial charge in [-0.15, -0.1) is 0 Å². The largest absolute Gasteiger partial charge is 0.493 e. The van der Waals surface area contributed by atoms with Crippen molar-refractivity contribution in [3.8, 4) is 11.5 Å². The summed E-state index contributed by atoms with van der Waals surface area (Å²) >= 11 is 3.49. The van der Waals surface area contributed by atoms with Crippen LogP contribution >= 0.6 is 15.9 Å². The zero-order valence-electron chi connectivity index (χ0n) is 12.5. The molecule has 0 aromatic heterocycles. The maximum atomic E-state index is 12.5. The van der Waals surface area contributed by atoms with Gasteiger partial charge in [0.15, 0.2) is 11.5 Å². The third-order valence-electron chi connectivity index (χ3n) is 3.64. The van der Waals surface area contributed by atoms with Gasteiger partial charge in [-0.25, -0.2) is 0 Å². The van der Waals surface area contributed by atoms with Crippen molar-refractivity contribution in [1.29, 1.82) is 0 Å². The first-order valence-corrected chi connectivity index (χ1v) is 7.79. The van der Waals surface area contributed by atoms with Gasteiger partial charge in [0.2, 0.25) is 0 Å². The van der Waals surface area contributed by atoms with Crippen LogP contribution in [0.25, 0.3) is 0 Å². The number of nitrogens with one attached hydrogen (secondary N) is 1. The first-order valence-electron chi connectivity index (χ1n) is 6.67. The number of halogens is 1. The minimum absolute atomic E-state index is 0.149. The summed E-state index contributed by atoms with van der Waals surface area (Å²) in [6.45, 7) is 4.13. The molecule has 1 aromatic carbocycles. The standard InChI is InChI=1S/C15H22BrNO3/c1-5-15(6-2,10-16)17-14(18)11-8-7-9-12(19-3)13(11)20-4/h7-9H,5-6,10H2,1-4H3,(H,17,18). The van der Waals surface area contributed by atoms with E-state index in [2.05, 4.69) is 35.1 Å². The molecule has 0 unspecified atom stereocenters. The number of hydrogen-bond acceptors (Lipinski definition) is 3. The summed E-state index contributed by atoms with van der Waals surface area (Å²) < 4.78 is 10.5. The summed E-state index contributed by atoms with van der Waals surface area (Å²) in [6.07, 6.45) is 1.71. The van der Waals surface area contributed by atoms with Gasteiger partial charge in [0.05, 0.1) is 19.8 Å². The van der Waals surface area contributed by atoms with Crippen LogP contribution in [-0.4, -0.2) is 31.0 Å². The quantitative estimate of drug-likeness (QED) is 0.772. The van der Waals surface area contributed by atoms with E-state index in [4.69, 9.17) is 9.47 Å². The molecule has 0 fully saturated rings. The summed E-state index contributed by atoms with van der Waals surface area (Å²) in [4.78, 5) is 12.5. The van der Waals surface area contributed by atoms with E-state index in [1.165, 1.54) is 7.11 Å². The predicted molar refractivity (Wildman–Crippen MR) is 84.1 cm³/mol. The van der Waals surface area contributed by atoms with Crippen LogP contribution in [0, 0.1) is 0 Å². The van der Waals surface area contributed by atoms with Gasteiger partial charge in [-0.3, -0.25) is 4.79 Å². The van der Waals surface area contributed by atoms with Crippen molar-refractivity contribution < 1.29 is 14.3 Å². The zero-order chi connectivity index (χ0) is 15.2. The Balaban J connectivity index is 3.09. The zero-order valence-corrected chi connectivity index (χ0v) is 14.0. The second-order valence-electron chi connectivity index (χ2n) is 4.62. The highest BCUT2D eigenvalue weighted by atomic mass is 79.9. The second kappa shape index (κ2) is 7.53. The van der Waals surface area contributed by atoms with E-state index < -0.39 is 0 Å². The highest BCUT2D eigenvalue weighted by Gasteiger charge is 2.28. The number of carbonyl (C=O) groups excluding carboxylic acids is 1. The van der Waals surface area contributed by atoms with Crippen molar-refractivity contribution in [3.63, 3.8) is 0 Å². The van der Waals surface area contributed by atoms with Crippen molar-refractivity contribution >= 4 is 21.8 Å². The van der Waals surface area contributed by atoms with Crippen molar-refractivity contribution in [1.82, 2.24) is 5.32 Å². The molecule has 0 heterocycles. The van der Waals surface area contributed by atoms with Gasteiger partial charge in [0.25, 0.3) is 5.91 Å². The lowest BCUT2D eigenvalue weighted by Gasteiger charge is -2.31. The number of ether oxygens (including phenoxy) is 2. The number of carbonyl (C=O) groups is 1. The van der Waals surface area contributed by atoms with Crippen LogP contribution in [0.4, 0.5) is 0 Å². The molecule has 20 heavy (non-hydrogen) atoms. The molecule has 0 aliphatic carbocycles. The highest BCUT2D eigenvalue weighted by Crippen LogP contribution is 2.31. The molecule has 0 aliphatic heterocycles. The predicted octanol–water partition coefficient (Wildman–Crippen LogP) is 3.39. The lowest BCUT2D eigenvalue weighted by Crippen LogP contribution is -2.49. The van der Waals surface area contributed by atoms with Gasteiger partial charge >= 0.3 is 0 Å². The number of methoxy groups -OCH3 is 2. The van der Waals surface area contributed by atoms with Gasteiger partial charge in [-0.2, -0.15) is 0 Å². The van der Waals surface area contributed by atoms with Crippen molar-refractivity contribution in [2.24, 2.45) is 0 Å². The third-order valence-corrected chi connectivity index (χ3v) is 4.71. The van der Waals surface area contributed by atoms with E-state index in [0.29, 0.717) is 22.4 Å². The fourth-order valence-electron chi connectivity index (χ4n) is 2.02. The smallest absolute Gasteiger partial charge is 0.255 e. The molecule has 0 spiro atoms. The molecule has 0 aliphatic rings. The van der Waals surface area contributed by atoms with E-state index in [-0.39, 0.29) is 11.4 Å². The van der Waals surface area contributed by atoms with E-state index >= 15 is 0 Å². The Morgan fingerprint density at radius 2 is 1.90 bits per heavy atom. The number of para-hydroxylation sites is 1. The van der Waals surface area contributed by atoms with Crippen LogP contribution in [0.2, 0.25) is 0 Å². The number of hydrogen-bond donors (Lipinski definition) is 1. The number of rotatable bonds is 7. The first kappa shape index (κ1) is 16.8. The van der Waals surface area contributed by atoms with Crippen LogP contribution < -0.4 is 14.8 Å². The minimum atomic E-state index is -0.245. The van der Waals surface area contributed by atoms with Crippen LogP contribution in [0.5, 0.6) is 11.5 Å². The van der Waals surface area contributed by atoms with Crippen molar-refractivity contribution in [2.45, 2.75) is 32.2 Å². The molecule has 1 aromatic rings. The Morgan fingerprint density at radius 1 is 1.25 bits per heavy atom. The van der Waals surface area contributed by atoms with Crippen molar-refractivity contribution in [3.05, 3.63) is 23.8 Å². The topological polar surface area (TPSA) is 47.6 Å². The molecule has 1 rings (SSSR count). The fourth-order valence-corrected chi connectivity index (χ4v) is 2.96. The lowest BCUT2D eigenvalue weighted by molar-refractivity contribution is 0.0900. The summed E-state index contributed by atoms with van der Waals surface area (Å²) in [6, 6.07) is 5.29. The minimum Gasteiger partial charge on any atom is -0.493 e. The third kappa shape index (κ3) is 3.45. The summed E-state index contributed by atoms with van der Waals surface area (Å²) in [5.41, 5.74) is 0.240. The molecule has 0 radical (unpaired) electrons. The van der Waals surface area contributed by atoms with Crippen LogP contribution in [-0.2, 0) is 0 Å². The van der Waals surface area contributed by atoms with Crippen LogP contribution in [0.15, 0.2) is 18.2 Å². The fraction of sp³-hybridized carbons (Fsp3) is 0.533. The maximum Gasteiger partial charge on any atom is 0.255 e. The Hall–Kier alpha value is -1.23. The Labute approximate surface area is 129 Å². The molecule has 0 bridgehead atoms. The Bertz CT molecular complexity index is 450. The molecule has 5 heteroatoms. The van der Waals surface area contributed by atoms with Gasteiger partial charge in [-0.05, 0) is 25.0 Å². The maximum absolute atomic E-state index is 12.5. The summed E-state index contributed by atoms with van der Waals surface area (Å²) in [5, 5.41) is 3.81. The molecule has 1 N–H and O–H groups in total. The highest BCUT2D eigenvalue weighted by molar-refractivity contribution is 9.09. The molecule has 1 amide bonds. The second-order valence-corrected chi connectivity index (χ2v) is 5.18.